The van der Waals surface area contributed by atoms with E-state index in [2.05, 4.69) is 15.9 Å². The lowest BCUT2D eigenvalue weighted by molar-refractivity contribution is -0.127. The number of nitrogens with zero attached hydrogens (tertiary/aromatic N) is 2. The second-order valence-electron chi connectivity index (χ2n) is 7.34. The van der Waals surface area contributed by atoms with Crippen LogP contribution in [0.2, 0.25) is 0 Å². The molecule has 1 amide bonds. The molecule has 0 saturated carbocycles. The molecule has 5 nitrogen and oxygen atoms in total. The molecule has 0 radical (unpaired) electrons. The Morgan fingerprint density at radius 3 is 2.07 bits per heavy atom. The number of piperazine rings is 1. The fourth-order valence-corrected chi connectivity index (χ4v) is 5.80. The Hall–Kier alpha value is -1.96. The number of rotatable bonds is 4. The molecule has 3 rings (SSSR count). The Kier molecular flexibility index (Phi) is 6.61. The Balaban J connectivity index is 1.67. The van der Waals surface area contributed by atoms with Crippen molar-refractivity contribution in [3.8, 4) is 0 Å². The lowest BCUT2D eigenvalue weighted by atomic mass is 10.1. The first kappa shape index (κ1) is 21.7. The zero-order chi connectivity index (χ0) is 21.2. The molecule has 1 fully saturated rings. The number of hydrogen-bond donors (Lipinski definition) is 0. The molecule has 0 N–H and O–H groups in total. The van der Waals surface area contributed by atoms with Gasteiger partial charge in [0.2, 0.25) is 15.9 Å². The van der Waals surface area contributed by atoms with Crippen molar-refractivity contribution in [2.45, 2.75) is 25.7 Å². The maximum Gasteiger partial charge on any atom is 0.246 e. The molecule has 0 spiro atoms. The van der Waals surface area contributed by atoms with Crippen LogP contribution in [0.5, 0.6) is 0 Å². The average Bonchev–Trinajstić information content (AvgIpc) is 2.66. The SMILES string of the molecule is Cc1cc(C)c(S(=O)(=O)N2CCN(C(=O)/C=C/c3ccc(Br)cc3)CC2)c(C)c1. The lowest BCUT2D eigenvalue weighted by Crippen LogP contribution is -2.50. The molecule has 7 heteroatoms. The topological polar surface area (TPSA) is 57.7 Å². The van der Waals surface area contributed by atoms with E-state index in [9.17, 15) is 13.2 Å². The van der Waals surface area contributed by atoms with Gasteiger partial charge in [-0.3, -0.25) is 4.79 Å². The molecule has 0 atom stereocenters. The van der Waals surface area contributed by atoms with Crippen LogP contribution in [0.25, 0.3) is 6.08 Å². The fourth-order valence-electron chi connectivity index (χ4n) is 3.70. The number of sulfonamides is 1. The smallest absolute Gasteiger partial charge is 0.246 e. The van der Waals surface area contributed by atoms with Gasteiger partial charge in [-0.15, -0.1) is 0 Å². The van der Waals surface area contributed by atoms with Crippen LogP contribution in [-0.2, 0) is 14.8 Å². The third-order valence-corrected chi connectivity index (χ3v) is 7.77. The second kappa shape index (κ2) is 8.81. The molecule has 0 aliphatic carbocycles. The number of hydrogen-bond acceptors (Lipinski definition) is 3. The van der Waals surface area contributed by atoms with Gasteiger partial charge in [0.25, 0.3) is 0 Å². The predicted octanol–water partition coefficient (Wildman–Crippen LogP) is 3.92. The Bertz CT molecular complexity index is 1020. The van der Waals surface area contributed by atoms with Gasteiger partial charge >= 0.3 is 0 Å². The molecule has 0 bridgehead atoms. The summed E-state index contributed by atoms with van der Waals surface area (Å²) in [6.45, 7) is 6.99. The summed E-state index contributed by atoms with van der Waals surface area (Å²) in [5.74, 6) is -0.104. The first-order valence-electron chi connectivity index (χ1n) is 9.49. The normalized spacial score (nSPS) is 15.8. The quantitative estimate of drug-likeness (QED) is 0.628. The summed E-state index contributed by atoms with van der Waals surface area (Å²) in [6, 6.07) is 11.5. The van der Waals surface area contributed by atoms with Gasteiger partial charge in [0, 0.05) is 36.7 Å². The maximum absolute atomic E-state index is 13.2. The van der Waals surface area contributed by atoms with E-state index >= 15 is 0 Å². The van der Waals surface area contributed by atoms with Crippen molar-refractivity contribution >= 4 is 37.9 Å². The molecular formula is C22H25BrN2O3S. The van der Waals surface area contributed by atoms with E-state index in [-0.39, 0.29) is 5.91 Å². The molecule has 1 saturated heterocycles. The van der Waals surface area contributed by atoms with Crippen LogP contribution in [0.3, 0.4) is 0 Å². The highest BCUT2D eigenvalue weighted by atomic mass is 79.9. The van der Waals surface area contributed by atoms with Gasteiger partial charge in [-0.2, -0.15) is 4.31 Å². The fraction of sp³-hybridized carbons (Fsp3) is 0.318. The van der Waals surface area contributed by atoms with Crippen molar-refractivity contribution in [2.75, 3.05) is 26.2 Å². The Morgan fingerprint density at radius 1 is 0.966 bits per heavy atom. The highest BCUT2D eigenvalue weighted by Crippen LogP contribution is 2.26. The Labute approximate surface area is 181 Å². The molecule has 2 aromatic rings. The van der Waals surface area contributed by atoms with Crippen LogP contribution in [0.4, 0.5) is 0 Å². The molecule has 1 aliphatic heterocycles. The zero-order valence-corrected chi connectivity index (χ0v) is 19.3. The van der Waals surface area contributed by atoms with Crippen molar-refractivity contribution < 1.29 is 13.2 Å². The minimum absolute atomic E-state index is 0.104. The summed E-state index contributed by atoms with van der Waals surface area (Å²) in [7, 11) is -3.58. The van der Waals surface area contributed by atoms with Gasteiger partial charge in [-0.25, -0.2) is 8.42 Å². The summed E-state index contributed by atoms with van der Waals surface area (Å²) >= 11 is 3.39. The third-order valence-electron chi connectivity index (χ3n) is 5.04. The van der Waals surface area contributed by atoms with E-state index in [1.807, 2.05) is 57.2 Å². The highest BCUT2D eigenvalue weighted by Gasteiger charge is 2.31. The number of carbonyl (C=O) groups excluding carboxylic acids is 1. The average molecular weight is 477 g/mol. The van der Waals surface area contributed by atoms with E-state index in [0.717, 1.165) is 26.7 Å². The van der Waals surface area contributed by atoms with Crippen molar-refractivity contribution in [1.29, 1.82) is 0 Å². The number of halogens is 1. The first-order chi connectivity index (χ1) is 13.7. The van der Waals surface area contributed by atoms with Gasteiger partial charge in [-0.05, 0) is 55.7 Å². The number of aryl methyl sites for hydroxylation is 3. The van der Waals surface area contributed by atoms with Crippen molar-refractivity contribution in [3.63, 3.8) is 0 Å². The van der Waals surface area contributed by atoms with E-state index < -0.39 is 10.0 Å². The summed E-state index contributed by atoms with van der Waals surface area (Å²) in [4.78, 5) is 14.6. The van der Waals surface area contributed by atoms with Crippen LogP contribution < -0.4 is 0 Å². The molecule has 0 aromatic heterocycles. The van der Waals surface area contributed by atoms with Gasteiger partial charge in [-0.1, -0.05) is 45.8 Å². The minimum Gasteiger partial charge on any atom is -0.337 e. The highest BCUT2D eigenvalue weighted by molar-refractivity contribution is 9.10. The third kappa shape index (κ3) is 4.97. The lowest BCUT2D eigenvalue weighted by Gasteiger charge is -2.34. The van der Waals surface area contributed by atoms with Crippen molar-refractivity contribution in [3.05, 3.63) is 69.2 Å². The van der Waals surface area contributed by atoms with Crippen LogP contribution in [-0.4, -0.2) is 49.7 Å². The summed E-state index contributed by atoms with van der Waals surface area (Å²) in [5, 5.41) is 0. The summed E-state index contributed by atoms with van der Waals surface area (Å²) in [6.07, 6.45) is 3.32. The van der Waals surface area contributed by atoms with Crippen LogP contribution >= 0.6 is 15.9 Å². The second-order valence-corrected chi connectivity index (χ2v) is 10.1. The Morgan fingerprint density at radius 2 is 1.52 bits per heavy atom. The van der Waals surface area contributed by atoms with E-state index in [4.69, 9.17) is 0 Å². The van der Waals surface area contributed by atoms with Gasteiger partial charge < -0.3 is 4.90 Å². The molecular weight excluding hydrogens is 452 g/mol. The molecule has 1 heterocycles. The van der Waals surface area contributed by atoms with E-state index in [1.165, 1.54) is 4.31 Å². The first-order valence-corrected chi connectivity index (χ1v) is 11.7. The molecule has 0 unspecified atom stereocenters. The van der Waals surface area contributed by atoms with E-state index in [1.54, 1.807) is 17.1 Å². The van der Waals surface area contributed by atoms with Crippen LogP contribution in [0, 0.1) is 20.8 Å². The standard InChI is InChI=1S/C22H25BrN2O3S/c1-16-14-17(2)22(18(3)15-16)29(27,28)25-12-10-24(11-13-25)21(26)9-6-19-4-7-20(23)8-5-19/h4-9,14-15H,10-13H2,1-3H3/b9-6+. The molecule has 2 aromatic carbocycles. The summed E-state index contributed by atoms with van der Waals surface area (Å²) in [5.41, 5.74) is 3.51. The molecule has 1 aliphatic rings. The number of carbonyl (C=O) groups is 1. The summed E-state index contributed by atoms with van der Waals surface area (Å²) < 4.78 is 28.8. The zero-order valence-electron chi connectivity index (χ0n) is 16.9. The van der Waals surface area contributed by atoms with Crippen LogP contribution in [0.15, 0.2) is 51.8 Å². The van der Waals surface area contributed by atoms with Crippen molar-refractivity contribution in [1.82, 2.24) is 9.21 Å². The van der Waals surface area contributed by atoms with Gasteiger partial charge in [0.05, 0.1) is 4.90 Å². The molecule has 29 heavy (non-hydrogen) atoms. The van der Waals surface area contributed by atoms with Gasteiger partial charge in [0.15, 0.2) is 0 Å². The van der Waals surface area contributed by atoms with Gasteiger partial charge in [0.1, 0.15) is 0 Å². The number of benzene rings is 2. The largest absolute Gasteiger partial charge is 0.337 e. The monoisotopic (exact) mass is 476 g/mol. The minimum atomic E-state index is -3.58. The van der Waals surface area contributed by atoms with E-state index in [0.29, 0.717) is 31.1 Å². The maximum atomic E-state index is 13.2. The molecule has 154 valence electrons. The number of amides is 1. The predicted molar refractivity (Wildman–Crippen MR) is 119 cm³/mol. The van der Waals surface area contributed by atoms with Crippen molar-refractivity contribution in [2.24, 2.45) is 0 Å². The van der Waals surface area contributed by atoms with Crippen LogP contribution in [0.1, 0.15) is 22.3 Å².